The van der Waals surface area contributed by atoms with E-state index in [1.807, 2.05) is 6.07 Å². The molecule has 5 atom stereocenters. The molecule has 6 heteroatoms. The zero-order valence-corrected chi connectivity index (χ0v) is 15.8. The van der Waals surface area contributed by atoms with Crippen molar-refractivity contribution in [2.75, 3.05) is 0 Å². The molecule has 3 N–H and O–H groups in total. The highest BCUT2D eigenvalue weighted by Gasteiger charge is 2.54. The molecule has 0 bridgehead atoms. The quantitative estimate of drug-likeness (QED) is 0.777. The Morgan fingerprint density at radius 2 is 2.08 bits per heavy atom. The van der Waals surface area contributed by atoms with E-state index in [2.05, 4.69) is 12.8 Å². The largest absolute Gasteiger partial charge is 0.393 e. The van der Waals surface area contributed by atoms with Gasteiger partial charge in [-0.15, -0.1) is 6.42 Å². The molecule has 4 rings (SSSR count). The van der Waals surface area contributed by atoms with Gasteiger partial charge >= 0.3 is 10.3 Å². The number of aryl methyl sites for hydroxylation is 1. The van der Waals surface area contributed by atoms with Crippen LogP contribution in [0.5, 0.6) is 5.75 Å². The minimum absolute atomic E-state index is 0.0320. The summed E-state index contributed by atoms with van der Waals surface area (Å²) >= 11 is 0. The van der Waals surface area contributed by atoms with Crippen molar-refractivity contribution in [1.29, 1.82) is 0 Å². The van der Waals surface area contributed by atoms with Crippen molar-refractivity contribution < 1.29 is 17.7 Å². The van der Waals surface area contributed by atoms with Gasteiger partial charge in [-0.2, -0.15) is 13.6 Å². The first-order valence-corrected chi connectivity index (χ1v) is 10.7. The van der Waals surface area contributed by atoms with E-state index in [0.717, 1.165) is 44.1 Å². The van der Waals surface area contributed by atoms with Crippen LogP contribution in [0.15, 0.2) is 12.1 Å². The fourth-order valence-corrected chi connectivity index (χ4v) is 6.27. The number of hydrogen-bond donors (Lipinski definition) is 2. The summed E-state index contributed by atoms with van der Waals surface area (Å²) in [6.07, 6.45) is 11.3. The number of aliphatic hydroxyl groups excluding tert-OH is 1. The Morgan fingerprint density at radius 1 is 1.31 bits per heavy atom. The van der Waals surface area contributed by atoms with Crippen LogP contribution in [0.2, 0.25) is 0 Å². The van der Waals surface area contributed by atoms with Crippen molar-refractivity contribution in [1.82, 2.24) is 0 Å². The molecule has 0 saturated heterocycles. The molecule has 0 unspecified atom stereocenters. The van der Waals surface area contributed by atoms with Gasteiger partial charge in [-0.25, -0.2) is 0 Å². The lowest BCUT2D eigenvalue weighted by Gasteiger charge is -2.50. The Balaban J connectivity index is 1.72. The topological polar surface area (TPSA) is 89.6 Å². The average molecular weight is 375 g/mol. The van der Waals surface area contributed by atoms with Gasteiger partial charge in [0.1, 0.15) is 0 Å². The molecule has 0 amide bonds. The highest BCUT2D eigenvalue weighted by molar-refractivity contribution is 7.84. The maximum absolute atomic E-state index is 11.3. The van der Waals surface area contributed by atoms with Gasteiger partial charge in [-0.3, -0.25) is 0 Å². The molecule has 2 fully saturated rings. The fourth-order valence-electron chi connectivity index (χ4n) is 5.88. The summed E-state index contributed by atoms with van der Waals surface area (Å²) in [5, 5.41) is 15.5. The number of nitrogens with two attached hydrogens (primary N) is 1. The average Bonchev–Trinajstić information content (AvgIpc) is 2.88. The minimum Gasteiger partial charge on any atom is -0.393 e. The molecule has 1 aromatic carbocycles. The van der Waals surface area contributed by atoms with Crippen LogP contribution in [-0.2, 0) is 16.7 Å². The van der Waals surface area contributed by atoms with Crippen molar-refractivity contribution in [3.8, 4) is 18.1 Å². The van der Waals surface area contributed by atoms with E-state index in [0.29, 0.717) is 23.3 Å². The zero-order valence-electron chi connectivity index (χ0n) is 14.9. The molecule has 0 aromatic heterocycles. The predicted octanol–water partition coefficient (Wildman–Crippen LogP) is 2.47. The zero-order chi connectivity index (χ0) is 18.7. The fraction of sp³-hybridized carbons (Fsp3) is 0.600. The number of fused-ring (bicyclic) bond motifs is 5. The van der Waals surface area contributed by atoms with Gasteiger partial charge in [-0.1, -0.05) is 12.8 Å². The summed E-state index contributed by atoms with van der Waals surface area (Å²) in [5.74, 6) is 4.19. The Kier molecular flexibility index (Phi) is 4.11. The Labute approximate surface area is 155 Å². The maximum Gasteiger partial charge on any atom is 0.380 e. The number of aliphatic hydroxyl groups is 1. The summed E-state index contributed by atoms with van der Waals surface area (Å²) in [6, 6.07) is 3.67. The molecule has 3 aliphatic carbocycles. The van der Waals surface area contributed by atoms with E-state index in [4.69, 9.17) is 15.7 Å². The second kappa shape index (κ2) is 5.98. The number of hydrogen-bond acceptors (Lipinski definition) is 4. The van der Waals surface area contributed by atoms with Gasteiger partial charge in [0.15, 0.2) is 5.75 Å². The molecule has 2 saturated carbocycles. The highest BCUT2D eigenvalue weighted by atomic mass is 32.2. The number of benzene rings is 1. The molecule has 3 aliphatic rings. The molecule has 26 heavy (non-hydrogen) atoms. The minimum atomic E-state index is -4.11. The summed E-state index contributed by atoms with van der Waals surface area (Å²) in [5.41, 5.74) is 2.79. The van der Waals surface area contributed by atoms with Crippen LogP contribution in [0.1, 0.15) is 61.6 Å². The molecule has 1 aromatic rings. The van der Waals surface area contributed by atoms with Crippen LogP contribution in [0.4, 0.5) is 0 Å². The predicted molar refractivity (Wildman–Crippen MR) is 98.7 cm³/mol. The van der Waals surface area contributed by atoms with Crippen LogP contribution in [0.3, 0.4) is 0 Å². The van der Waals surface area contributed by atoms with Crippen molar-refractivity contribution in [3.63, 3.8) is 0 Å². The molecule has 0 aliphatic heterocycles. The van der Waals surface area contributed by atoms with Gasteiger partial charge in [0.25, 0.3) is 0 Å². The van der Waals surface area contributed by atoms with Crippen molar-refractivity contribution in [2.24, 2.45) is 22.4 Å². The molecule has 0 spiro atoms. The SMILES string of the molecule is C#Cc1cc2c(cc1OS(N)(=O)=O)CC[C@@H]1[C@@H]2CC[C@]2(C)[C@@H](O)CC[C@@H]12. The summed E-state index contributed by atoms with van der Waals surface area (Å²) in [4.78, 5) is 0. The molecule has 0 radical (unpaired) electrons. The summed E-state index contributed by atoms with van der Waals surface area (Å²) in [7, 11) is -4.11. The van der Waals surface area contributed by atoms with Crippen molar-refractivity contribution in [2.45, 2.75) is 57.5 Å². The lowest BCUT2D eigenvalue weighted by Crippen LogP contribution is -2.43. The van der Waals surface area contributed by atoms with E-state index in [1.54, 1.807) is 6.07 Å². The second-order valence-electron chi connectivity index (χ2n) is 8.32. The van der Waals surface area contributed by atoms with Crippen molar-refractivity contribution >= 4 is 10.3 Å². The van der Waals surface area contributed by atoms with Crippen LogP contribution >= 0.6 is 0 Å². The van der Waals surface area contributed by atoms with Crippen molar-refractivity contribution in [3.05, 3.63) is 28.8 Å². The number of rotatable bonds is 2. The second-order valence-corrected chi connectivity index (χ2v) is 9.47. The normalized spacial score (nSPS) is 35.8. The summed E-state index contributed by atoms with van der Waals surface area (Å²) in [6.45, 7) is 2.25. The lowest BCUT2D eigenvalue weighted by atomic mass is 9.55. The molecular formula is C20H25NO4S. The Bertz CT molecular complexity index is 888. The van der Waals surface area contributed by atoms with E-state index < -0.39 is 10.3 Å². The lowest BCUT2D eigenvalue weighted by molar-refractivity contribution is -0.0226. The summed E-state index contributed by atoms with van der Waals surface area (Å²) < 4.78 is 27.5. The first kappa shape index (κ1) is 17.8. The van der Waals surface area contributed by atoms with E-state index in [1.165, 1.54) is 5.56 Å². The van der Waals surface area contributed by atoms with Crippen LogP contribution in [-0.4, -0.2) is 19.6 Å². The van der Waals surface area contributed by atoms with Gasteiger partial charge < -0.3 is 9.29 Å². The Morgan fingerprint density at radius 3 is 2.77 bits per heavy atom. The van der Waals surface area contributed by atoms with E-state index in [-0.39, 0.29) is 17.3 Å². The Hall–Kier alpha value is -1.55. The van der Waals surface area contributed by atoms with Crippen LogP contribution < -0.4 is 9.32 Å². The first-order chi connectivity index (χ1) is 12.2. The molecule has 5 nitrogen and oxygen atoms in total. The third-order valence-electron chi connectivity index (χ3n) is 7.14. The highest BCUT2D eigenvalue weighted by Crippen LogP contribution is 2.61. The van der Waals surface area contributed by atoms with Crippen LogP contribution in [0, 0.1) is 29.6 Å². The van der Waals surface area contributed by atoms with Crippen LogP contribution in [0.25, 0.3) is 0 Å². The monoisotopic (exact) mass is 375 g/mol. The van der Waals surface area contributed by atoms with Gasteiger partial charge in [-0.05, 0) is 85.0 Å². The third kappa shape index (κ3) is 2.74. The number of terminal acetylenes is 1. The van der Waals surface area contributed by atoms with E-state index in [9.17, 15) is 13.5 Å². The maximum atomic E-state index is 11.3. The molecular weight excluding hydrogens is 350 g/mol. The first-order valence-electron chi connectivity index (χ1n) is 9.26. The standard InChI is InChI=1S/C20H25NO4S/c1-3-12-10-16-13(11-18(12)25-26(21,23)24)4-5-15-14(16)8-9-20(2)17(15)6-7-19(20)22/h1,10-11,14-15,17,19,22H,4-9H2,2H3,(H2,21,23,24)/t14-,15+,17-,19-,20-/m0/s1. The van der Waals surface area contributed by atoms with Gasteiger partial charge in [0, 0.05) is 0 Å². The smallest absolute Gasteiger partial charge is 0.380 e. The van der Waals surface area contributed by atoms with E-state index >= 15 is 0 Å². The molecule has 0 heterocycles. The third-order valence-corrected chi connectivity index (χ3v) is 7.55. The van der Waals surface area contributed by atoms with Gasteiger partial charge in [0.2, 0.25) is 0 Å². The molecule has 140 valence electrons. The van der Waals surface area contributed by atoms with Gasteiger partial charge in [0.05, 0.1) is 11.7 Å².